The quantitative estimate of drug-likeness (QED) is 0.839. The zero-order valence-electron chi connectivity index (χ0n) is 14.3. The van der Waals surface area contributed by atoms with Crippen LogP contribution in [0.2, 0.25) is 0 Å². The van der Waals surface area contributed by atoms with Crippen molar-refractivity contribution in [1.29, 1.82) is 0 Å². The van der Waals surface area contributed by atoms with Crippen molar-refractivity contribution in [1.82, 2.24) is 5.32 Å². The van der Waals surface area contributed by atoms with E-state index >= 15 is 0 Å². The maximum Gasteiger partial charge on any atom is 0.225 e. The third-order valence-electron chi connectivity index (χ3n) is 3.63. The van der Waals surface area contributed by atoms with Crippen LogP contribution in [-0.2, 0) is 16.0 Å². The van der Waals surface area contributed by atoms with E-state index in [1.54, 1.807) is 16.2 Å². The first kappa shape index (κ1) is 18.0. The highest BCUT2D eigenvalue weighted by Gasteiger charge is 2.12. The van der Waals surface area contributed by atoms with Crippen LogP contribution >= 0.6 is 11.3 Å². The van der Waals surface area contributed by atoms with Gasteiger partial charge >= 0.3 is 0 Å². The molecule has 0 saturated heterocycles. The van der Waals surface area contributed by atoms with Crippen LogP contribution in [0.4, 0.5) is 11.4 Å². The molecule has 0 spiro atoms. The fraction of sp³-hybridized carbons (Fsp3) is 0.333. The van der Waals surface area contributed by atoms with Crippen molar-refractivity contribution in [2.45, 2.75) is 13.3 Å². The highest BCUT2D eigenvalue weighted by atomic mass is 32.1. The lowest BCUT2D eigenvalue weighted by molar-refractivity contribution is -0.120. The molecule has 1 aromatic carbocycles. The van der Waals surface area contributed by atoms with Crippen molar-refractivity contribution in [3.8, 4) is 0 Å². The van der Waals surface area contributed by atoms with E-state index in [2.05, 4.69) is 5.32 Å². The molecular weight excluding hydrogens is 322 g/mol. The molecule has 0 aliphatic heterocycles. The second-order valence-corrected chi connectivity index (χ2v) is 6.72. The molecule has 2 amide bonds. The molecule has 128 valence electrons. The fourth-order valence-corrected chi connectivity index (χ4v) is 3.04. The summed E-state index contributed by atoms with van der Waals surface area (Å²) in [4.78, 5) is 28.5. The average molecular weight is 345 g/mol. The molecule has 0 saturated carbocycles. The number of benzene rings is 1. The van der Waals surface area contributed by atoms with Gasteiger partial charge in [-0.25, -0.2) is 0 Å². The van der Waals surface area contributed by atoms with Gasteiger partial charge in [0.25, 0.3) is 0 Å². The second-order valence-electron chi connectivity index (χ2n) is 5.69. The molecule has 6 heteroatoms. The Hall–Kier alpha value is -2.34. The van der Waals surface area contributed by atoms with E-state index in [0.717, 1.165) is 16.3 Å². The SMILES string of the molecule is CC(=O)N(CCNC(=O)Cc1cccs1)c1ccc(N(C)C)cc1. The first-order valence-corrected chi connectivity index (χ1v) is 8.70. The van der Waals surface area contributed by atoms with Crippen molar-refractivity contribution in [2.24, 2.45) is 0 Å². The van der Waals surface area contributed by atoms with E-state index in [-0.39, 0.29) is 11.8 Å². The molecule has 0 atom stereocenters. The molecule has 1 aromatic heterocycles. The molecule has 2 rings (SSSR count). The van der Waals surface area contributed by atoms with Gasteiger partial charge in [0.1, 0.15) is 0 Å². The third kappa shape index (κ3) is 5.09. The summed E-state index contributed by atoms with van der Waals surface area (Å²) in [5.41, 5.74) is 1.91. The van der Waals surface area contributed by atoms with Crippen molar-refractivity contribution in [2.75, 3.05) is 37.0 Å². The minimum absolute atomic E-state index is 0.0242. The monoisotopic (exact) mass is 345 g/mol. The molecule has 1 heterocycles. The number of thiophene rings is 1. The van der Waals surface area contributed by atoms with Crippen LogP contribution in [0.1, 0.15) is 11.8 Å². The van der Waals surface area contributed by atoms with Gasteiger partial charge in [-0.3, -0.25) is 9.59 Å². The minimum Gasteiger partial charge on any atom is -0.378 e. The van der Waals surface area contributed by atoms with E-state index in [1.165, 1.54) is 6.92 Å². The van der Waals surface area contributed by atoms with Crippen molar-refractivity contribution < 1.29 is 9.59 Å². The predicted octanol–water partition coefficient (Wildman–Crippen LogP) is 2.53. The van der Waals surface area contributed by atoms with Gasteiger partial charge in [-0.1, -0.05) is 6.07 Å². The number of rotatable bonds is 7. The Bertz CT molecular complexity index is 666. The Balaban J connectivity index is 1.89. The van der Waals surface area contributed by atoms with E-state index in [1.807, 2.05) is 60.8 Å². The van der Waals surface area contributed by atoms with Crippen molar-refractivity contribution in [3.63, 3.8) is 0 Å². The third-order valence-corrected chi connectivity index (χ3v) is 4.51. The van der Waals surface area contributed by atoms with Gasteiger partial charge in [0.15, 0.2) is 0 Å². The first-order chi connectivity index (χ1) is 11.5. The van der Waals surface area contributed by atoms with E-state index in [4.69, 9.17) is 0 Å². The molecule has 2 aromatic rings. The van der Waals surface area contributed by atoms with Crippen molar-refractivity contribution in [3.05, 3.63) is 46.7 Å². The van der Waals surface area contributed by atoms with Gasteiger partial charge in [0, 0.05) is 50.4 Å². The number of nitrogens with one attached hydrogen (secondary N) is 1. The number of carbonyl (C=O) groups is 2. The average Bonchev–Trinajstić information content (AvgIpc) is 3.04. The second kappa shape index (κ2) is 8.49. The molecule has 0 aliphatic rings. The Morgan fingerprint density at radius 1 is 1.08 bits per heavy atom. The number of amides is 2. The number of anilines is 2. The van der Waals surface area contributed by atoms with Gasteiger partial charge in [0.05, 0.1) is 6.42 Å². The standard InChI is InChI=1S/C18H23N3O2S/c1-14(22)21(16-8-6-15(7-9-16)20(2)3)11-10-19-18(23)13-17-5-4-12-24-17/h4-9,12H,10-11,13H2,1-3H3,(H,19,23). The summed E-state index contributed by atoms with van der Waals surface area (Å²) in [5.74, 6) is -0.0657. The summed E-state index contributed by atoms with van der Waals surface area (Å²) in [6, 6.07) is 11.7. The molecule has 0 unspecified atom stereocenters. The molecule has 0 aliphatic carbocycles. The van der Waals surface area contributed by atoms with Crippen LogP contribution in [0.25, 0.3) is 0 Å². The van der Waals surface area contributed by atoms with E-state index in [0.29, 0.717) is 19.5 Å². The zero-order chi connectivity index (χ0) is 17.5. The van der Waals surface area contributed by atoms with Gasteiger partial charge < -0.3 is 15.1 Å². The Labute approximate surface area is 146 Å². The summed E-state index contributed by atoms with van der Waals surface area (Å²) in [6.07, 6.45) is 0.384. The summed E-state index contributed by atoms with van der Waals surface area (Å²) >= 11 is 1.57. The van der Waals surface area contributed by atoms with Crippen LogP contribution in [-0.4, -0.2) is 39.0 Å². The Kier molecular flexibility index (Phi) is 6.37. The summed E-state index contributed by atoms with van der Waals surface area (Å²) in [7, 11) is 3.95. The summed E-state index contributed by atoms with van der Waals surface area (Å²) in [5, 5.41) is 4.83. The number of hydrogen-bond acceptors (Lipinski definition) is 4. The van der Waals surface area contributed by atoms with E-state index < -0.39 is 0 Å². The summed E-state index contributed by atoms with van der Waals surface area (Å²) < 4.78 is 0. The van der Waals surface area contributed by atoms with Crippen LogP contribution in [0.3, 0.4) is 0 Å². The topological polar surface area (TPSA) is 52.7 Å². The lowest BCUT2D eigenvalue weighted by Crippen LogP contribution is -2.38. The molecular formula is C18H23N3O2S. The van der Waals surface area contributed by atoms with Gasteiger partial charge in [-0.05, 0) is 35.7 Å². The van der Waals surface area contributed by atoms with Crippen LogP contribution in [0, 0.1) is 0 Å². The minimum atomic E-state index is -0.0416. The smallest absolute Gasteiger partial charge is 0.225 e. The highest BCUT2D eigenvalue weighted by Crippen LogP contribution is 2.19. The molecule has 1 N–H and O–H groups in total. The zero-order valence-corrected chi connectivity index (χ0v) is 15.1. The maximum absolute atomic E-state index is 11.9. The number of carbonyl (C=O) groups excluding carboxylic acids is 2. The van der Waals surface area contributed by atoms with Crippen molar-refractivity contribution >= 4 is 34.5 Å². The highest BCUT2D eigenvalue weighted by molar-refractivity contribution is 7.10. The van der Waals surface area contributed by atoms with Gasteiger partial charge in [0.2, 0.25) is 11.8 Å². The van der Waals surface area contributed by atoms with Crippen LogP contribution in [0.5, 0.6) is 0 Å². The molecule has 0 radical (unpaired) electrons. The number of nitrogens with zero attached hydrogens (tertiary/aromatic N) is 2. The molecule has 5 nitrogen and oxygen atoms in total. The summed E-state index contributed by atoms with van der Waals surface area (Å²) in [6.45, 7) is 2.42. The van der Waals surface area contributed by atoms with Crippen LogP contribution < -0.4 is 15.1 Å². The molecule has 24 heavy (non-hydrogen) atoms. The van der Waals surface area contributed by atoms with E-state index in [9.17, 15) is 9.59 Å². The fourth-order valence-electron chi connectivity index (χ4n) is 2.34. The molecule has 0 bridgehead atoms. The predicted molar refractivity (Wildman–Crippen MR) is 99.8 cm³/mol. The van der Waals surface area contributed by atoms with Gasteiger partial charge in [-0.2, -0.15) is 0 Å². The lowest BCUT2D eigenvalue weighted by atomic mass is 10.2. The Morgan fingerprint density at radius 3 is 2.29 bits per heavy atom. The number of hydrogen-bond donors (Lipinski definition) is 1. The largest absolute Gasteiger partial charge is 0.378 e. The normalized spacial score (nSPS) is 10.3. The maximum atomic E-state index is 11.9. The Morgan fingerprint density at radius 2 is 1.75 bits per heavy atom. The lowest BCUT2D eigenvalue weighted by Gasteiger charge is -2.22. The first-order valence-electron chi connectivity index (χ1n) is 7.82. The van der Waals surface area contributed by atoms with Gasteiger partial charge in [-0.15, -0.1) is 11.3 Å². The van der Waals surface area contributed by atoms with Crippen LogP contribution in [0.15, 0.2) is 41.8 Å². The molecule has 0 fully saturated rings.